The molecule has 2 aromatic rings. The Labute approximate surface area is 113 Å². The summed E-state index contributed by atoms with van der Waals surface area (Å²) in [5.74, 6) is 1.85. The van der Waals surface area contributed by atoms with Gasteiger partial charge in [-0.05, 0) is 31.5 Å². The van der Waals surface area contributed by atoms with E-state index in [4.69, 9.17) is 9.15 Å². The molecule has 0 aliphatic carbocycles. The summed E-state index contributed by atoms with van der Waals surface area (Å²) in [7, 11) is 3.72. The number of unbranched alkanes of at least 4 members (excludes halogenated alkanes) is 1. The van der Waals surface area contributed by atoms with Crippen LogP contribution in [0.1, 0.15) is 30.5 Å². The number of methoxy groups -OCH3 is 1. The highest BCUT2D eigenvalue weighted by Crippen LogP contribution is 2.20. The van der Waals surface area contributed by atoms with Crippen LogP contribution in [-0.4, -0.2) is 29.8 Å². The van der Waals surface area contributed by atoms with Crippen molar-refractivity contribution in [1.82, 2.24) is 14.9 Å². The molecule has 19 heavy (non-hydrogen) atoms. The summed E-state index contributed by atoms with van der Waals surface area (Å²) in [6.07, 6.45) is 7.55. The zero-order valence-corrected chi connectivity index (χ0v) is 11.5. The molecule has 104 valence electrons. The average molecular weight is 263 g/mol. The highest BCUT2D eigenvalue weighted by molar-refractivity contribution is 5.15. The molecule has 1 atom stereocenters. The molecule has 0 spiro atoms. The number of ether oxygens (including phenoxy) is 1. The molecule has 5 heteroatoms. The summed E-state index contributed by atoms with van der Waals surface area (Å²) >= 11 is 0. The van der Waals surface area contributed by atoms with Crippen molar-refractivity contribution in [2.24, 2.45) is 7.05 Å². The molecule has 0 aromatic carbocycles. The minimum Gasteiger partial charge on any atom is -0.467 e. The van der Waals surface area contributed by atoms with Crippen LogP contribution < -0.4 is 5.32 Å². The van der Waals surface area contributed by atoms with Crippen LogP contribution in [0.15, 0.2) is 35.2 Å². The summed E-state index contributed by atoms with van der Waals surface area (Å²) in [5.41, 5.74) is 0. The molecule has 1 N–H and O–H groups in total. The Bertz CT molecular complexity index is 465. The number of hydrogen-bond donors (Lipinski definition) is 1. The second kappa shape index (κ2) is 7.11. The van der Waals surface area contributed by atoms with Crippen molar-refractivity contribution >= 4 is 0 Å². The maximum atomic E-state index is 5.51. The Morgan fingerprint density at radius 2 is 2.37 bits per heavy atom. The molecule has 2 rings (SSSR count). The smallest absolute Gasteiger partial charge is 0.133 e. The van der Waals surface area contributed by atoms with Gasteiger partial charge in [0.05, 0.1) is 6.26 Å². The first-order valence-corrected chi connectivity index (χ1v) is 6.56. The van der Waals surface area contributed by atoms with Gasteiger partial charge in [0.25, 0.3) is 0 Å². The molecular weight excluding hydrogens is 242 g/mol. The van der Waals surface area contributed by atoms with Gasteiger partial charge >= 0.3 is 0 Å². The summed E-state index contributed by atoms with van der Waals surface area (Å²) in [4.78, 5) is 4.40. The fraction of sp³-hybridized carbons (Fsp3) is 0.500. The molecule has 0 saturated heterocycles. The molecule has 0 aliphatic rings. The highest BCUT2D eigenvalue weighted by Gasteiger charge is 2.19. The lowest BCUT2D eigenvalue weighted by Crippen LogP contribution is -2.25. The predicted molar refractivity (Wildman–Crippen MR) is 72.9 cm³/mol. The van der Waals surface area contributed by atoms with Crippen molar-refractivity contribution in [1.29, 1.82) is 0 Å². The van der Waals surface area contributed by atoms with E-state index >= 15 is 0 Å². The number of imidazole rings is 1. The van der Waals surface area contributed by atoms with Gasteiger partial charge in [0.15, 0.2) is 0 Å². The van der Waals surface area contributed by atoms with Gasteiger partial charge < -0.3 is 19.0 Å². The number of furan rings is 1. The molecule has 0 saturated carbocycles. The Morgan fingerprint density at radius 1 is 1.47 bits per heavy atom. The van der Waals surface area contributed by atoms with Gasteiger partial charge in [-0.2, -0.15) is 0 Å². The van der Waals surface area contributed by atoms with Gasteiger partial charge in [-0.1, -0.05) is 0 Å². The SMILES string of the molecule is COCCCCNC(c1ccco1)c1nccn1C. The lowest BCUT2D eigenvalue weighted by Gasteiger charge is -2.16. The van der Waals surface area contributed by atoms with E-state index in [0.717, 1.165) is 37.6 Å². The topological polar surface area (TPSA) is 52.2 Å². The first kappa shape index (κ1) is 13.8. The van der Waals surface area contributed by atoms with E-state index in [1.165, 1.54) is 0 Å². The fourth-order valence-corrected chi connectivity index (χ4v) is 2.05. The third-order valence-corrected chi connectivity index (χ3v) is 3.07. The molecule has 2 aromatic heterocycles. The summed E-state index contributed by atoms with van der Waals surface area (Å²) in [6, 6.07) is 3.87. The maximum Gasteiger partial charge on any atom is 0.133 e. The number of nitrogens with zero attached hydrogens (tertiary/aromatic N) is 2. The highest BCUT2D eigenvalue weighted by atomic mass is 16.5. The standard InChI is InChI=1S/C14H21N3O2/c1-17-9-8-16-14(17)13(12-6-5-11-19-12)15-7-3-4-10-18-2/h5-6,8-9,11,13,15H,3-4,7,10H2,1-2H3. The first-order chi connectivity index (χ1) is 9.33. The van der Waals surface area contributed by atoms with Crippen molar-refractivity contribution < 1.29 is 9.15 Å². The second-order valence-corrected chi connectivity index (χ2v) is 4.50. The molecule has 0 aliphatic heterocycles. The zero-order chi connectivity index (χ0) is 13.5. The maximum absolute atomic E-state index is 5.51. The number of rotatable bonds is 8. The van der Waals surface area contributed by atoms with E-state index in [-0.39, 0.29) is 6.04 Å². The molecule has 1 unspecified atom stereocenters. The molecule has 0 radical (unpaired) electrons. The van der Waals surface area contributed by atoms with Crippen LogP contribution in [-0.2, 0) is 11.8 Å². The minimum absolute atomic E-state index is 0.00227. The monoisotopic (exact) mass is 263 g/mol. The number of hydrogen-bond acceptors (Lipinski definition) is 4. The lowest BCUT2D eigenvalue weighted by molar-refractivity contribution is 0.192. The van der Waals surface area contributed by atoms with E-state index in [0.29, 0.717) is 0 Å². The van der Waals surface area contributed by atoms with Gasteiger partial charge in [-0.25, -0.2) is 4.98 Å². The van der Waals surface area contributed by atoms with Crippen LogP contribution in [0.3, 0.4) is 0 Å². The van der Waals surface area contributed by atoms with Crippen molar-refractivity contribution in [2.45, 2.75) is 18.9 Å². The summed E-state index contributed by atoms with van der Waals surface area (Å²) in [6.45, 7) is 1.71. The quantitative estimate of drug-likeness (QED) is 0.741. The van der Waals surface area contributed by atoms with E-state index in [2.05, 4.69) is 10.3 Å². The molecule has 5 nitrogen and oxygen atoms in total. The number of aromatic nitrogens is 2. The predicted octanol–water partition coefficient (Wildman–Crippen LogP) is 2.12. The van der Waals surface area contributed by atoms with Gasteiger partial charge in [-0.15, -0.1) is 0 Å². The summed E-state index contributed by atoms with van der Waals surface area (Å²) in [5, 5.41) is 3.49. The molecule has 0 fully saturated rings. The van der Waals surface area contributed by atoms with E-state index in [1.807, 2.05) is 29.9 Å². The third-order valence-electron chi connectivity index (χ3n) is 3.07. The van der Waals surface area contributed by atoms with Gasteiger partial charge in [0.1, 0.15) is 17.6 Å². The fourth-order valence-electron chi connectivity index (χ4n) is 2.05. The third kappa shape index (κ3) is 3.68. The lowest BCUT2D eigenvalue weighted by atomic mass is 10.2. The van der Waals surface area contributed by atoms with Gasteiger partial charge in [0, 0.05) is 33.2 Å². The molecule has 0 amide bonds. The van der Waals surface area contributed by atoms with Crippen molar-refractivity contribution in [3.63, 3.8) is 0 Å². The Morgan fingerprint density at radius 3 is 3.00 bits per heavy atom. The van der Waals surface area contributed by atoms with Crippen LogP contribution in [0.25, 0.3) is 0 Å². The van der Waals surface area contributed by atoms with E-state index < -0.39 is 0 Å². The zero-order valence-electron chi connectivity index (χ0n) is 11.5. The number of nitrogens with one attached hydrogen (secondary N) is 1. The molecule has 0 bridgehead atoms. The van der Waals surface area contributed by atoms with Crippen LogP contribution >= 0.6 is 0 Å². The second-order valence-electron chi connectivity index (χ2n) is 4.50. The van der Waals surface area contributed by atoms with Gasteiger partial charge in [0.2, 0.25) is 0 Å². The van der Waals surface area contributed by atoms with Crippen molar-refractivity contribution in [2.75, 3.05) is 20.3 Å². The van der Waals surface area contributed by atoms with Crippen LogP contribution in [0.4, 0.5) is 0 Å². The molecular formula is C14H21N3O2. The van der Waals surface area contributed by atoms with E-state index in [9.17, 15) is 0 Å². The Kier molecular flexibility index (Phi) is 5.18. The largest absolute Gasteiger partial charge is 0.467 e. The average Bonchev–Trinajstić information content (AvgIpc) is 3.06. The van der Waals surface area contributed by atoms with Crippen LogP contribution in [0, 0.1) is 0 Å². The van der Waals surface area contributed by atoms with E-state index in [1.54, 1.807) is 19.6 Å². The van der Waals surface area contributed by atoms with Crippen LogP contribution in [0.2, 0.25) is 0 Å². The normalized spacial score (nSPS) is 12.7. The summed E-state index contributed by atoms with van der Waals surface area (Å²) < 4.78 is 12.6. The first-order valence-electron chi connectivity index (χ1n) is 6.56. The minimum atomic E-state index is -0.00227. The Hall–Kier alpha value is -1.59. The van der Waals surface area contributed by atoms with Crippen molar-refractivity contribution in [3.05, 3.63) is 42.4 Å². The Balaban J connectivity index is 1.98. The van der Waals surface area contributed by atoms with Crippen LogP contribution in [0.5, 0.6) is 0 Å². The van der Waals surface area contributed by atoms with Crippen molar-refractivity contribution in [3.8, 4) is 0 Å². The van der Waals surface area contributed by atoms with Gasteiger partial charge in [-0.3, -0.25) is 0 Å². The number of aryl methyl sites for hydroxylation is 1. The molecule has 2 heterocycles.